The zero-order valence-electron chi connectivity index (χ0n) is 10.3. The normalized spacial score (nSPS) is 15.4. The topological polar surface area (TPSA) is 32.3 Å². The van der Waals surface area contributed by atoms with E-state index < -0.39 is 18.4 Å². The Morgan fingerprint density at radius 3 is 2.37 bits per heavy atom. The third-order valence-corrected chi connectivity index (χ3v) is 3.01. The predicted octanol–water partition coefficient (Wildman–Crippen LogP) is 3.37. The van der Waals surface area contributed by atoms with Crippen LogP contribution in [0.25, 0.3) is 10.8 Å². The van der Waals surface area contributed by atoms with Crippen LogP contribution in [0.2, 0.25) is 0 Å². The van der Waals surface area contributed by atoms with E-state index in [4.69, 9.17) is 5.11 Å². The predicted molar refractivity (Wildman–Crippen MR) is 67.6 cm³/mol. The fourth-order valence-corrected chi connectivity index (χ4v) is 2.05. The molecule has 0 spiro atoms. The molecule has 0 aliphatic rings. The summed E-state index contributed by atoms with van der Waals surface area (Å²) in [4.78, 5) is 0. The van der Waals surface area contributed by atoms with Crippen LogP contribution in [0.5, 0.6) is 0 Å². The summed E-state index contributed by atoms with van der Waals surface area (Å²) in [6.07, 6.45) is -7.19. The van der Waals surface area contributed by atoms with Gasteiger partial charge in [0, 0.05) is 6.04 Å². The van der Waals surface area contributed by atoms with Crippen LogP contribution in [0.3, 0.4) is 0 Å². The number of aliphatic hydroxyl groups excluding tert-OH is 1. The number of aliphatic hydroxyl groups is 1. The molecule has 0 aliphatic carbocycles. The van der Waals surface area contributed by atoms with Crippen molar-refractivity contribution in [3.63, 3.8) is 0 Å². The van der Waals surface area contributed by atoms with E-state index in [0.29, 0.717) is 0 Å². The first-order chi connectivity index (χ1) is 8.89. The number of halogens is 3. The van der Waals surface area contributed by atoms with Gasteiger partial charge in [0.15, 0.2) is 0 Å². The third-order valence-electron chi connectivity index (χ3n) is 3.01. The van der Waals surface area contributed by atoms with E-state index in [1.165, 1.54) is 0 Å². The minimum Gasteiger partial charge on any atom is -0.370 e. The number of benzene rings is 2. The molecule has 19 heavy (non-hydrogen) atoms. The monoisotopic (exact) mass is 269 g/mol. The Morgan fingerprint density at radius 1 is 1.05 bits per heavy atom. The van der Waals surface area contributed by atoms with Gasteiger partial charge >= 0.3 is 6.18 Å². The SMILES string of the molecule is C[C@@H](NC(O)C(F)(F)F)c1cccc2ccccc12. The fourth-order valence-electron chi connectivity index (χ4n) is 2.05. The van der Waals surface area contributed by atoms with Crippen LogP contribution < -0.4 is 5.32 Å². The average molecular weight is 269 g/mol. The lowest BCUT2D eigenvalue weighted by Crippen LogP contribution is -2.43. The Hall–Kier alpha value is -1.59. The summed E-state index contributed by atoms with van der Waals surface area (Å²) < 4.78 is 37.0. The highest BCUT2D eigenvalue weighted by atomic mass is 19.4. The third kappa shape index (κ3) is 3.05. The molecule has 102 valence electrons. The summed E-state index contributed by atoms with van der Waals surface area (Å²) in [5.41, 5.74) is 0.724. The van der Waals surface area contributed by atoms with Crippen LogP contribution in [-0.4, -0.2) is 17.5 Å². The Morgan fingerprint density at radius 2 is 1.68 bits per heavy atom. The lowest BCUT2D eigenvalue weighted by Gasteiger charge is -2.22. The van der Waals surface area contributed by atoms with E-state index in [0.717, 1.165) is 16.3 Å². The van der Waals surface area contributed by atoms with Gasteiger partial charge in [0.1, 0.15) is 0 Å². The van der Waals surface area contributed by atoms with Crippen molar-refractivity contribution < 1.29 is 18.3 Å². The molecule has 0 bridgehead atoms. The summed E-state index contributed by atoms with van der Waals surface area (Å²) in [5, 5.41) is 13.0. The second-order valence-electron chi connectivity index (χ2n) is 4.40. The van der Waals surface area contributed by atoms with Gasteiger partial charge in [0.2, 0.25) is 6.23 Å². The summed E-state index contributed by atoms with van der Waals surface area (Å²) in [6.45, 7) is 1.59. The van der Waals surface area contributed by atoms with Crippen molar-refractivity contribution in [1.82, 2.24) is 5.32 Å². The maximum atomic E-state index is 12.3. The highest BCUT2D eigenvalue weighted by molar-refractivity contribution is 5.86. The molecule has 0 saturated carbocycles. The molecule has 1 unspecified atom stereocenters. The second kappa shape index (κ2) is 5.19. The van der Waals surface area contributed by atoms with Gasteiger partial charge in [0.25, 0.3) is 0 Å². The zero-order valence-corrected chi connectivity index (χ0v) is 10.3. The zero-order chi connectivity index (χ0) is 14.0. The van der Waals surface area contributed by atoms with Crippen molar-refractivity contribution in [2.75, 3.05) is 0 Å². The Bertz CT molecular complexity index is 563. The highest BCUT2D eigenvalue weighted by Crippen LogP contribution is 2.26. The van der Waals surface area contributed by atoms with Crippen LogP contribution in [0.4, 0.5) is 13.2 Å². The molecule has 2 aromatic carbocycles. The van der Waals surface area contributed by atoms with E-state index >= 15 is 0 Å². The first-order valence-electron chi connectivity index (χ1n) is 5.88. The van der Waals surface area contributed by atoms with Gasteiger partial charge in [-0.25, -0.2) is 0 Å². The number of nitrogens with one attached hydrogen (secondary N) is 1. The van der Waals surface area contributed by atoms with Crippen molar-refractivity contribution >= 4 is 10.8 Å². The molecule has 2 aromatic rings. The molecule has 0 fully saturated rings. The van der Waals surface area contributed by atoms with Gasteiger partial charge in [-0.2, -0.15) is 13.2 Å². The first kappa shape index (κ1) is 13.8. The van der Waals surface area contributed by atoms with Crippen LogP contribution in [0.15, 0.2) is 42.5 Å². The summed E-state index contributed by atoms with van der Waals surface area (Å²) in [6, 6.07) is 12.3. The van der Waals surface area contributed by atoms with E-state index in [1.807, 2.05) is 30.3 Å². The van der Waals surface area contributed by atoms with E-state index in [9.17, 15) is 13.2 Å². The number of rotatable bonds is 3. The summed E-state index contributed by atoms with van der Waals surface area (Å²) in [7, 11) is 0. The van der Waals surface area contributed by atoms with Gasteiger partial charge < -0.3 is 5.11 Å². The Labute approximate surface area is 108 Å². The van der Waals surface area contributed by atoms with Crippen molar-refractivity contribution in [1.29, 1.82) is 0 Å². The molecule has 2 nitrogen and oxygen atoms in total. The molecule has 0 heterocycles. The van der Waals surface area contributed by atoms with Gasteiger partial charge in [-0.3, -0.25) is 5.32 Å². The Kier molecular flexibility index (Phi) is 3.78. The maximum Gasteiger partial charge on any atom is 0.427 e. The number of fused-ring (bicyclic) bond motifs is 1. The van der Waals surface area contributed by atoms with Crippen molar-refractivity contribution in [3.8, 4) is 0 Å². The molecule has 2 N–H and O–H groups in total. The molecular weight excluding hydrogens is 255 g/mol. The van der Waals surface area contributed by atoms with Crippen molar-refractivity contribution in [3.05, 3.63) is 48.0 Å². The van der Waals surface area contributed by atoms with Crippen LogP contribution in [0.1, 0.15) is 18.5 Å². The van der Waals surface area contributed by atoms with Crippen LogP contribution in [-0.2, 0) is 0 Å². The van der Waals surface area contributed by atoms with Crippen molar-refractivity contribution in [2.24, 2.45) is 0 Å². The minimum atomic E-state index is -4.67. The van der Waals surface area contributed by atoms with E-state index in [1.54, 1.807) is 19.1 Å². The Balaban J connectivity index is 2.29. The number of hydrogen-bond acceptors (Lipinski definition) is 2. The molecule has 0 saturated heterocycles. The molecule has 5 heteroatoms. The smallest absolute Gasteiger partial charge is 0.370 e. The highest BCUT2D eigenvalue weighted by Gasteiger charge is 2.39. The first-order valence-corrected chi connectivity index (χ1v) is 5.88. The molecule has 0 aliphatic heterocycles. The molecule has 0 aromatic heterocycles. The van der Waals surface area contributed by atoms with Gasteiger partial charge in [-0.05, 0) is 23.3 Å². The van der Waals surface area contributed by atoms with E-state index in [2.05, 4.69) is 5.32 Å². The van der Waals surface area contributed by atoms with Crippen molar-refractivity contribution in [2.45, 2.75) is 25.4 Å². The second-order valence-corrected chi connectivity index (χ2v) is 4.40. The van der Waals surface area contributed by atoms with Crippen LogP contribution >= 0.6 is 0 Å². The van der Waals surface area contributed by atoms with Gasteiger partial charge in [-0.15, -0.1) is 0 Å². The number of hydrogen-bond donors (Lipinski definition) is 2. The minimum absolute atomic E-state index is 0.609. The lowest BCUT2D eigenvalue weighted by molar-refractivity contribution is -0.215. The largest absolute Gasteiger partial charge is 0.427 e. The van der Waals surface area contributed by atoms with Crippen LogP contribution in [0, 0.1) is 0 Å². The lowest BCUT2D eigenvalue weighted by atomic mass is 9.99. The number of alkyl halides is 3. The molecule has 2 rings (SSSR count). The molecule has 0 radical (unpaired) electrons. The summed E-state index contributed by atoms with van der Waals surface area (Å²) in [5.74, 6) is 0. The maximum absolute atomic E-state index is 12.3. The van der Waals surface area contributed by atoms with Gasteiger partial charge in [0.05, 0.1) is 0 Å². The van der Waals surface area contributed by atoms with E-state index in [-0.39, 0.29) is 0 Å². The molecular formula is C14H14F3NO. The quantitative estimate of drug-likeness (QED) is 0.837. The standard InChI is InChI=1S/C14H14F3NO/c1-9(18-13(19)14(15,16)17)11-8-4-6-10-5-2-3-7-12(10)11/h2-9,13,18-19H,1H3/t9-,13?/m1/s1. The summed E-state index contributed by atoms with van der Waals surface area (Å²) >= 11 is 0. The molecule has 2 atom stereocenters. The fraction of sp³-hybridized carbons (Fsp3) is 0.286. The van der Waals surface area contributed by atoms with Gasteiger partial charge in [-0.1, -0.05) is 42.5 Å². The molecule has 0 amide bonds. The average Bonchev–Trinajstić information content (AvgIpc) is 2.36.